The zero-order valence-corrected chi connectivity index (χ0v) is 21.4. The van der Waals surface area contributed by atoms with Crippen LogP contribution in [-0.4, -0.2) is 65.2 Å². The highest BCUT2D eigenvalue weighted by atomic mass is 127. The van der Waals surface area contributed by atoms with Crippen LogP contribution >= 0.6 is 22.6 Å². The minimum absolute atomic E-state index is 0.183. The fraction of sp³-hybridized carbons (Fsp3) is 0.222. The molecule has 0 aliphatic carbocycles. The highest BCUT2D eigenvalue weighted by Gasteiger charge is 2.18. The highest BCUT2D eigenvalue weighted by Crippen LogP contribution is 2.32. The summed E-state index contributed by atoms with van der Waals surface area (Å²) < 4.78 is 1.06. The van der Waals surface area contributed by atoms with Gasteiger partial charge >= 0.3 is 0 Å². The highest BCUT2D eigenvalue weighted by molar-refractivity contribution is 14.1. The molecule has 1 fully saturated rings. The lowest BCUT2D eigenvalue weighted by atomic mass is 10.0. The molecule has 2 aromatic carbocycles. The molecule has 7 nitrogen and oxygen atoms in total. The Balaban J connectivity index is 1.31. The average Bonchev–Trinajstić information content (AvgIpc) is 2.90. The third kappa shape index (κ3) is 5.29. The van der Waals surface area contributed by atoms with E-state index in [-0.39, 0.29) is 12.5 Å². The molecule has 0 radical (unpaired) electrons. The predicted octanol–water partition coefficient (Wildman–Crippen LogP) is 4.27. The normalized spacial score (nSPS) is 14.3. The van der Waals surface area contributed by atoms with Crippen molar-refractivity contribution in [2.24, 2.45) is 0 Å². The van der Waals surface area contributed by atoms with Crippen molar-refractivity contribution in [1.29, 1.82) is 0 Å². The summed E-state index contributed by atoms with van der Waals surface area (Å²) in [6.07, 6.45) is 3.45. The monoisotopic (exact) mass is 579 g/mol. The number of fused-ring (bicyclic) bond motifs is 1. The number of hydrogen-bond acceptors (Lipinski definition) is 6. The molecule has 0 saturated carbocycles. The first kappa shape index (κ1) is 23.7. The van der Waals surface area contributed by atoms with Crippen LogP contribution in [0.3, 0.4) is 0 Å². The molecule has 1 amide bonds. The smallest absolute Gasteiger partial charge is 0.257 e. The van der Waals surface area contributed by atoms with Crippen LogP contribution in [0, 0.1) is 3.57 Å². The lowest BCUT2D eigenvalue weighted by Gasteiger charge is -2.35. The lowest BCUT2D eigenvalue weighted by molar-refractivity contribution is 0.102. The molecule has 4 aromatic rings. The van der Waals surface area contributed by atoms with E-state index in [1.54, 1.807) is 6.20 Å². The first-order valence-electron chi connectivity index (χ1n) is 11.6. The Labute approximate surface area is 218 Å². The molecule has 0 atom stereocenters. The molecule has 0 unspecified atom stereocenters. The van der Waals surface area contributed by atoms with Crippen LogP contribution in [0.15, 0.2) is 73.1 Å². The molecule has 178 valence electrons. The quantitative estimate of drug-likeness (QED) is 0.333. The Morgan fingerprint density at radius 1 is 1.00 bits per heavy atom. The van der Waals surface area contributed by atoms with E-state index in [9.17, 15) is 4.79 Å². The molecule has 0 spiro atoms. The topological polar surface area (TPSA) is 81.6 Å². The third-order valence-corrected chi connectivity index (χ3v) is 7.22. The zero-order chi connectivity index (χ0) is 24.2. The molecule has 2 aromatic heterocycles. The number of anilines is 2. The van der Waals surface area contributed by atoms with Crippen LogP contribution in [0.5, 0.6) is 0 Å². The van der Waals surface area contributed by atoms with E-state index < -0.39 is 0 Å². The Bertz CT molecular complexity index is 1330. The summed E-state index contributed by atoms with van der Waals surface area (Å²) in [5, 5.41) is 14.3. The molecule has 3 heterocycles. The third-order valence-electron chi connectivity index (χ3n) is 6.28. The van der Waals surface area contributed by atoms with E-state index in [4.69, 9.17) is 5.11 Å². The fourth-order valence-corrected chi connectivity index (χ4v) is 4.96. The number of aliphatic hydroxyl groups excluding tert-OH is 1. The number of β-amino-alcohol motifs (C(OH)–C–C–N with tert-alkyl or cyclic N) is 1. The van der Waals surface area contributed by atoms with Crippen molar-refractivity contribution in [1.82, 2.24) is 14.9 Å². The van der Waals surface area contributed by atoms with E-state index in [0.717, 1.165) is 57.6 Å². The van der Waals surface area contributed by atoms with Gasteiger partial charge in [0.2, 0.25) is 0 Å². The number of nitrogens with zero attached hydrogens (tertiary/aromatic N) is 4. The largest absolute Gasteiger partial charge is 0.395 e. The summed E-state index contributed by atoms with van der Waals surface area (Å²) in [4.78, 5) is 26.6. The molecule has 1 saturated heterocycles. The number of pyridine rings is 2. The van der Waals surface area contributed by atoms with Crippen molar-refractivity contribution < 1.29 is 9.90 Å². The van der Waals surface area contributed by atoms with Gasteiger partial charge in [-0.1, -0.05) is 24.3 Å². The van der Waals surface area contributed by atoms with E-state index in [1.807, 2.05) is 54.7 Å². The summed E-state index contributed by atoms with van der Waals surface area (Å²) in [5.41, 5.74) is 3.10. The van der Waals surface area contributed by atoms with Crippen LogP contribution in [-0.2, 0) is 0 Å². The maximum absolute atomic E-state index is 12.9. The maximum Gasteiger partial charge on any atom is 0.257 e. The first-order valence-corrected chi connectivity index (χ1v) is 12.7. The SMILES string of the molecule is O=C(Nc1ccc(I)c(-c2nccc3ccccc23)c1)c1ccc(N2CCN(CCO)CC2)nc1. The van der Waals surface area contributed by atoms with Gasteiger partial charge in [0.05, 0.1) is 17.9 Å². The molecule has 2 N–H and O–H groups in total. The van der Waals surface area contributed by atoms with E-state index in [2.05, 4.69) is 59.8 Å². The fourth-order valence-electron chi connectivity index (χ4n) is 4.37. The van der Waals surface area contributed by atoms with E-state index in [0.29, 0.717) is 17.8 Å². The molecular formula is C27H26IN5O2. The summed E-state index contributed by atoms with van der Waals surface area (Å²) >= 11 is 2.31. The van der Waals surface area contributed by atoms with E-state index >= 15 is 0 Å². The van der Waals surface area contributed by atoms with Gasteiger partial charge in [0.1, 0.15) is 5.82 Å². The summed E-state index contributed by atoms with van der Waals surface area (Å²) in [5.74, 6) is 0.665. The second kappa shape index (κ2) is 10.7. The zero-order valence-electron chi connectivity index (χ0n) is 19.2. The number of aliphatic hydroxyl groups is 1. The van der Waals surface area contributed by atoms with Gasteiger partial charge in [-0.2, -0.15) is 0 Å². The van der Waals surface area contributed by atoms with Crippen LogP contribution in [0.2, 0.25) is 0 Å². The van der Waals surface area contributed by atoms with Gasteiger partial charge < -0.3 is 15.3 Å². The predicted molar refractivity (Wildman–Crippen MR) is 148 cm³/mol. The van der Waals surface area contributed by atoms with Crippen molar-refractivity contribution in [2.45, 2.75) is 0 Å². The van der Waals surface area contributed by atoms with Crippen LogP contribution in [0.25, 0.3) is 22.0 Å². The minimum Gasteiger partial charge on any atom is -0.395 e. The molecule has 8 heteroatoms. The number of carbonyl (C=O) groups is 1. The molecule has 35 heavy (non-hydrogen) atoms. The van der Waals surface area contributed by atoms with Gasteiger partial charge in [0.25, 0.3) is 5.91 Å². The van der Waals surface area contributed by atoms with Gasteiger partial charge in [-0.15, -0.1) is 0 Å². The second-order valence-electron chi connectivity index (χ2n) is 8.49. The van der Waals surface area contributed by atoms with Crippen molar-refractivity contribution in [3.8, 4) is 11.3 Å². The number of halogens is 1. The number of piperazine rings is 1. The molecule has 5 rings (SSSR count). The standard InChI is InChI=1S/C27H26IN5O2/c28-24-7-6-21(17-23(24)26-22-4-2-1-3-19(22)9-10-29-26)31-27(35)20-5-8-25(30-18-20)33-13-11-32(12-14-33)15-16-34/h1-10,17-18,34H,11-16H2,(H,31,35). The number of aromatic nitrogens is 2. The summed E-state index contributed by atoms with van der Waals surface area (Å²) in [7, 11) is 0. The molecule has 0 bridgehead atoms. The van der Waals surface area contributed by atoms with Crippen molar-refractivity contribution >= 4 is 50.8 Å². The van der Waals surface area contributed by atoms with E-state index in [1.165, 1.54) is 0 Å². The molecule has 1 aliphatic rings. The number of nitrogens with one attached hydrogen (secondary N) is 1. The van der Waals surface area contributed by atoms with Crippen LogP contribution < -0.4 is 10.2 Å². The van der Waals surface area contributed by atoms with Crippen molar-refractivity contribution in [2.75, 3.05) is 49.5 Å². The van der Waals surface area contributed by atoms with Gasteiger partial charge in [-0.05, 0) is 64.4 Å². The van der Waals surface area contributed by atoms with Crippen molar-refractivity contribution in [3.63, 3.8) is 0 Å². The Morgan fingerprint density at radius 2 is 1.83 bits per heavy atom. The number of carbonyl (C=O) groups excluding carboxylic acids is 1. The Morgan fingerprint density at radius 3 is 2.60 bits per heavy atom. The first-order chi connectivity index (χ1) is 17.1. The second-order valence-corrected chi connectivity index (χ2v) is 9.65. The lowest BCUT2D eigenvalue weighted by Crippen LogP contribution is -2.47. The van der Waals surface area contributed by atoms with Gasteiger partial charge in [-0.3, -0.25) is 14.7 Å². The van der Waals surface area contributed by atoms with Crippen molar-refractivity contribution in [3.05, 3.63) is 82.2 Å². The number of hydrogen-bond donors (Lipinski definition) is 2. The average molecular weight is 579 g/mol. The van der Waals surface area contributed by atoms with Gasteiger partial charge in [0.15, 0.2) is 0 Å². The summed E-state index contributed by atoms with van der Waals surface area (Å²) in [6, 6.07) is 19.8. The Hall–Kier alpha value is -3.08. The number of rotatable bonds is 6. The minimum atomic E-state index is -0.199. The maximum atomic E-state index is 12.9. The summed E-state index contributed by atoms with van der Waals surface area (Å²) in [6.45, 7) is 4.38. The van der Waals surface area contributed by atoms with Crippen LogP contribution in [0.4, 0.5) is 11.5 Å². The number of amides is 1. The van der Waals surface area contributed by atoms with Gasteiger partial charge in [-0.25, -0.2) is 4.98 Å². The van der Waals surface area contributed by atoms with Gasteiger partial charge in [0, 0.05) is 65.3 Å². The molecule has 1 aliphatic heterocycles. The number of benzene rings is 2. The van der Waals surface area contributed by atoms with Crippen LogP contribution in [0.1, 0.15) is 10.4 Å². The molecular weight excluding hydrogens is 553 g/mol. The Kier molecular flexibility index (Phi) is 7.21.